The lowest BCUT2D eigenvalue weighted by Crippen LogP contribution is -2.45. The zero-order chi connectivity index (χ0) is 19.3. The number of hydrogen-bond acceptors (Lipinski definition) is 5. The molecular formula is C22H26N2O4. The van der Waals surface area contributed by atoms with E-state index in [0.717, 1.165) is 49.7 Å². The summed E-state index contributed by atoms with van der Waals surface area (Å²) in [4.78, 5) is 15.0. The molecule has 0 aromatic heterocycles. The maximum Gasteiger partial charge on any atom is 0.227 e. The fraction of sp³-hybridized carbons (Fsp3) is 0.409. The second-order valence-corrected chi connectivity index (χ2v) is 7.26. The van der Waals surface area contributed by atoms with Crippen molar-refractivity contribution < 1.29 is 19.0 Å². The lowest BCUT2D eigenvalue weighted by molar-refractivity contribution is -0.121. The van der Waals surface area contributed by atoms with Crippen LogP contribution in [0.25, 0.3) is 0 Å². The van der Waals surface area contributed by atoms with Crippen LogP contribution in [0.2, 0.25) is 0 Å². The number of rotatable bonds is 5. The van der Waals surface area contributed by atoms with Crippen molar-refractivity contribution in [1.82, 2.24) is 4.90 Å². The van der Waals surface area contributed by atoms with Gasteiger partial charge < -0.3 is 19.5 Å². The van der Waals surface area contributed by atoms with E-state index in [9.17, 15) is 4.79 Å². The van der Waals surface area contributed by atoms with Crippen molar-refractivity contribution in [1.29, 1.82) is 0 Å². The molecular weight excluding hydrogens is 356 g/mol. The predicted molar refractivity (Wildman–Crippen MR) is 107 cm³/mol. The molecule has 1 amide bonds. The number of anilines is 1. The zero-order valence-electron chi connectivity index (χ0n) is 16.1. The number of fused-ring (bicyclic) bond motifs is 1. The van der Waals surface area contributed by atoms with Gasteiger partial charge in [0.25, 0.3) is 0 Å². The van der Waals surface area contributed by atoms with E-state index in [4.69, 9.17) is 14.2 Å². The van der Waals surface area contributed by atoms with Crippen molar-refractivity contribution in [3.63, 3.8) is 0 Å². The second-order valence-electron chi connectivity index (χ2n) is 7.26. The number of para-hydroxylation sites is 4. The van der Waals surface area contributed by atoms with Crippen molar-refractivity contribution >= 4 is 11.6 Å². The first-order chi connectivity index (χ1) is 13.7. The molecule has 6 nitrogen and oxygen atoms in total. The molecule has 148 valence electrons. The normalized spacial score (nSPS) is 19.8. The molecule has 0 bridgehead atoms. The molecule has 2 aromatic carbocycles. The molecule has 28 heavy (non-hydrogen) atoms. The Kier molecular flexibility index (Phi) is 5.67. The van der Waals surface area contributed by atoms with Crippen molar-refractivity contribution in [2.45, 2.75) is 18.9 Å². The molecule has 0 aliphatic carbocycles. The third-order valence-corrected chi connectivity index (χ3v) is 5.35. The minimum atomic E-state index is 0.0189. The summed E-state index contributed by atoms with van der Waals surface area (Å²) < 4.78 is 17.2. The van der Waals surface area contributed by atoms with Crippen LogP contribution in [0.5, 0.6) is 17.2 Å². The maximum atomic E-state index is 12.6. The fourth-order valence-corrected chi connectivity index (χ4v) is 3.80. The van der Waals surface area contributed by atoms with Crippen LogP contribution in [0.4, 0.5) is 5.69 Å². The molecule has 1 fully saturated rings. The fourth-order valence-electron chi connectivity index (χ4n) is 3.80. The van der Waals surface area contributed by atoms with Crippen LogP contribution in [0.15, 0.2) is 48.5 Å². The van der Waals surface area contributed by atoms with Crippen LogP contribution < -0.4 is 19.5 Å². The molecule has 0 saturated carbocycles. The summed E-state index contributed by atoms with van der Waals surface area (Å²) in [6.45, 7) is 3.14. The Balaban J connectivity index is 1.26. The number of methoxy groups -OCH3 is 1. The number of hydrogen-bond donors (Lipinski definition) is 1. The molecule has 0 spiro atoms. The first kappa shape index (κ1) is 18.6. The van der Waals surface area contributed by atoms with Crippen molar-refractivity contribution in [2.24, 2.45) is 5.92 Å². The lowest BCUT2D eigenvalue weighted by atomic mass is 9.95. The summed E-state index contributed by atoms with van der Waals surface area (Å²) in [5.41, 5.74) is 0.726. The van der Waals surface area contributed by atoms with Crippen molar-refractivity contribution in [3.05, 3.63) is 48.5 Å². The first-order valence-electron chi connectivity index (χ1n) is 9.77. The van der Waals surface area contributed by atoms with Gasteiger partial charge in [0.1, 0.15) is 18.5 Å². The van der Waals surface area contributed by atoms with Crippen LogP contribution in [0.3, 0.4) is 0 Å². The topological polar surface area (TPSA) is 60.0 Å². The van der Waals surface area contributed by atoms with Crippen LogP contribution in [0, 0.1) is 5.92 Å². The maximum absolute atomic E-state index is 12.6. The smallest absolute Gasteiger partial charge is 0.227 e. The first-order valence-corrected chi connectivity index (χ1v) is 9.77. The van der Waals surface area contributed by atoms with Gasteiger partial charge in [0.2, 0.25) is 5.91 Å². The third kappa shape index (κ3) is 4.22. The van der Waals surface area contributed by atoms with Gasteiger partial charge in [-0.3, -0.25) is 9.69 Å². The van der Waals surface area contributed by atoms with Gasteiger partial charge >= 0.3 is 0 Å². The van der Waals surface area contributed by atoms with Gasteiger partial charge in [-0.05, 0) is 50.2 Å². The molecule has 1 unspecified atom stereocenters. The zero-order valence-corrected chi connectivity index (χ0v) is 16.1. The Morgan fingerprint density at radius 2 is 1.82 bits per heavy atom. The Labute approximate surface area is 165 Å². The van der Waals surface area contributed by atoms with E-state index in [1.165, 1.54) is 0 Å². The molecule has 2 aliphatic heterocycles. The number of ether oxygens (including phenoxy) is 3. The van der Waals surface area contributed by atoms with Crippen LogP contribution in [-0.2, 0) is 4.79 Å². The lowest BCUT2D eigenvalue weighted by Gasteiger charge is -2.35. The van der Waals surface area contributed by atoms with E-state index in [1.54, 1.807) is 7.11 Å². The number of benzene rings is 2. The quantitative estimate of drug-likeness (QED) is 0.861. The average Bonchev–Trinajstić information content (AvgIpc) is 2.74. The van der Waals surface area contributed by atoms with Crippen molar-refractivity contribution in [3.8, 4) is 17.2 Å². The minimum Gasteiger partial charge on any atom is -0.495 e. The van der Waals surface area contributed by atoms with Gasteiger partial charge in [0.05, 0.1) is 12.8 Å². The molecule has 0 radical (unpaired) electrons. The van der Waals surface area contributed by atoms with Gasteiger partial charge in [-0.1, -0.05) is 24.3 Å². The second kappa shape index (κ2) is 8.52. The highest BCUT2D eigenvalue weighted by atomic mass is 16.6. The van der Waals surface area contributed by atoms with Gasteiger partial charge in [-0.15, -0.1) is 0 Å². The van der Waals surface area contributed by atoms with Gasteiger partial charge in [0.15, 0.2) is 11.5 Å². The molecule has 2 aliphatic rings. The SMILES string of the molecule is COc1ccccc1NC(=O)C1CCN(CC2COc3ccccc3O2)CC1. The number of nitrogens with zero attached hydrogens (tertiary/aromatic N) is 1. The molecule has 2 aromatic rings. The summed E-state index contributed by atoms with van der Waals surface area (Å²) in [6.07, 6.45) is 1.70. The molecule has 1 saturated heterocycles. The minimum absolute atomic E-state index is 0.0189. The number of carbonyl (C=O) groups is 1. The highest BCUT2D eigenvalue weighted by Crippen LogP contribution is 2.31. The highest BCUT2D eigenvalue weighted by molar-refractivity contribution is 5.94. The van der Waals surface area contributed by atoms with E-state index < -0.39 is 0 Å². The summed E-state index contributed by atoms with van der Waals surface area (Å²) in [5.74, 6) is 2.39. The Morgan fingerprint density at radius 3 is 2.61 bits per heavy atom. The van der Waals surface area contributed by atoms with E-state index >= 15 is 0 Å². The predicted octanol–water partition coefficient (Wildman–Crippen LogP) is 3.19. The van der Waals surface area contributed by atoms with Crippen LogP contribution in [0.1, 0.15) is 12.8 Å². The number of likely N-dealkylation sites (tertiary alicyclic amines) is 1. The number of carbonyl (C=O) groups excluding carboxylic acids is 1. The number of nitrogens with one attached hydrogen (secondary N) is 1. The third-order valence-electron chi connectivity index (χ3n) is 5.35. The molecule has 2 heterocycles. The highest BCUT2D eigenvalue weighted by Gasteiger charge is 2.29. The summed E-state index contributed by atoms with van der Waals surface area (Å²) >= 11 is 0. The molecule has 6 heteroatoms. The standard InChI is InChI=1S/C22H26N2O4/c1-26-19-7-3-2-6-18(19)23-22(25)16-10-12-24(13-11-16)14-17-15-27-20-8-4-5-9-21(20)28-17/h2-9,16-17H,10-15H2,1H3,(H,23,25). The Morgan fingerprint density at radius 1 is 1.11 bits per heavy atom. The largest absolute Gasteiger partial charge is 0.495 e. The van der Waals surface area contributed by atoms with Crippen LogP contribution >= 0.6 is 0 Å². The molecule has 4 rings (SSSR count). The van der Waals surface area contributed by atoms with E-state index in [2.05, 4.69) is 10.2 Å². The summed E-state index contributed by atoms with van der Waals surface area (Å²) in [6, 6.07) is 15.3. The van der Waals surface area contributed by atoms with E-state index in [1.807, 2.05) is 48.5 Å². The van der Waals surface area contributed by atoms with Crippen LogP contribution in [-0.4, -0.2) is 50.3 Å². The monoisotopic (exact) mass is 382 g/mol. The number of amides is 1. The average molecular weight is 382 g/mol. The van der Waals surface area contributed by atoms with Gasteiger partial charge in [0, 0.05) is 12.5 Å². The summed E-state index contributed by atoms with van der Waals surface area (Å²) in [7, 11) is 1.61. The van der Waals surface area contributed by atoms with E-state index in [0.29, 0.717) is 12.4 Å². The van der Waals surface area contributed by atoms with E-state index in [-0.39, 0.29) is 17.9 Å². The van der Waals surface area contributed by atoms with Crippen molar-refractivity contribution in [2.75, 3.05) is 38.7 Å². The Bertz CT molecular complexity index is 818. The Hall–Kier alpha value is -2.73. The molecule has 1 atom stereocenters. The molecule has 1 N–H and O–H groups in total. The van der Waals surface area contributed by atoms with Gasteiger partial charge in [-0.2, -0.15) is 0 Å². The van der Waals surface area contributed by atoms with Gasteiger partial charge in [-0.25, -0.2) is 0 Å². The summed E-state index contributed by atoms with van der Waals surface area (Å²) in [5, 5.41) is 3.01. The number of piperidine rings is 1.